The van der Waals surface area contributed by atoms with Crippen molar-refractivity contribution in [2.75, 3.05) is 26.3 Å². The van der Waals surface area contributed by atoms with Gasteiger partial charge in [0.15, 0.2) is 11.5 Å². The van der Waals surface area contributed by atoms with Crippen molar-refractivity contribution < 1.29 is 24.5 Å². The highest BCUT2D eigenvalue weighted by Crippen LogP contribution is 2.32. The van der Waals surface area contributed by atoms with Gasteiger partial charge in [-0.3, -0.25) is 4.79 Å². The number of hydrogen-bond donors (Lipinski definition) is 4. The van der Waals surface area contributed by atoms with Crippen LogP contribution in [0.3, 0.4) is 0 Å². The molecule has 0 spiro atoms. The quantitative estimate of drug-likeness (QED) is 0.293. The zero-order chi connectivity index (χ0) is 26.3. The van der Waals surface area contributed by atoms with Crippen LogP contribution in [-0.4, -0.2) is 54.6 Å². The lowest BCUT2D eigenvalue weighted by molar-refractivity contribution is -0.127. The second kappa shape index (κ2) is 12.4. The fraction of sp³-hybridized carbons (Fsp3) is 0.387. The summed E-state index contributed by atoms with van der Waals surface area (Å²) in [5.41, 5.74) is 4.20. The fourth-order valence-corrected chi connectivity index (χ4v) is 5.36. The topological polar surface area (TPSA) is 100 Å². The van der Waals surface area contributed by atoms with E-state index in [1.54, 1.807) is 0 Å². The van der Waals surface area contributed by atoms with Gasteiger partial charge in [-0.05, 0) is 60.2 Å². The van der Waals surface area contributed by atoms with E-state index in [1.807, 2.05) is 72.8 Å². The highest BCUT2D eigenvalue weighted by atomic mass is 16.6. The minimum atomic E-state index is -0.685. The Kier molecular flexibility index (Phi) is 8.58. The van der Waals surface area contributed by atoms with Crippen LogP contribution in [-0.2, 0) is 24.1 Å². The molecule has 38 heavy (non-hydrogen) atoms. The maximum absolute atomic E-state index is 13.5. The molecule has 3 aromatic rings. The predicted octanol–water partition coefficient (Wildman–Crippen LogP) is 2.97. The van der Waals surface area contributed by atoms with E-state index in [2.05, 4.69) is 10.6 Å². The molecule has 0 bridgehead atoms. The van der Waals surface area contributed by atoms with E-state index in [4.69, 9.17) is 9.47 Å². The van der Waals surface area contributed by atoms with Crippen LogP contribution in [0.5, 0.6) is 11.5 Å². The monoisotopic (exact) mass is 516 g/mol. The second-order valence-electron chi connectivity index (χ2n) is 10.2. The first-order valence-corrected chi connectivity index (χ1v) is 13.4. The number of nitrogens with one attached hydrogen (secondary N) is 2. The molecule has 1 aliphatic heterocycles. The molecule has 1 amide bonds. The van der Waals surface area contributed by atoms with Gasteiger partial charge in [0, 0.05) is 18.9 Å². The number of carbonyl (C=O) groups is 1. The molecule has 0 saturated carbocycles. The molecular weight excluding hydrogens is 480 g/mol. The second-order valence-corrected chi connectivity index (χ2v) is 10.2. The lowest BCUT2D eigenvalue weighted by atomic mass is 9.92. The molecule has 7 nitrogen and oxygen atoms in total. The zero-order valence-corrected chi connectivity index (χ0v) is 21.5. The van der Waals surface area contributed by atoms with Gasteiger partial charge in [0.2, 0.25) is 5.91 Å². The minimum Gasteiger partial charge on any atom is -0.486 e. The van der Waals surface area contributed by atoms with Gasteiger partial charge in [-0.15, -0.1) is 0 Å². The Morgan fingerprint density at radius 1 is 0.947 bits per heavy atom. The van der Waals surface area contributed by atoms with Crippen molar-refractivity contribution in [1.82, 2.24) is 10.6 Å². The van der Waals surface area contributed by atoms with Gasteiger partial charge < -0.3 is 30.3 Å². The van der Waals surface area contributed by atoms with Crippen LogP contribution in [0.15, 0.2) is 72.8 Å². The number of fused-ring (bicyclic) bond motifs is 2. The maximum atomic E-state index is 13.5. The highest BCUT2D eigenvalue weighted by Gasteiger charge is 2.34. The standard InChI is InChI=1S/C31H36N2O5/c34-25(20-32-13-12-22-10-11-28-29(17-22)38-15-14-37-28)18-24(16-21-6-2-1-3-7-21)31(36)33-30-26-9-5-4-8-23(26)19-27(30)35/h1-11,17,24-25,27,30,32,34-35H,12-16,18-20H2,(H,33,36)/t24-,25+,27-,30+/m1/s1. The molecule has 0 aromatic heterocycles. The largest absolute Gasteiger partial charge is 0.486 e. The van der Waals surface area contributed by atoms with Crippen molar-refractivity contribution in [3.8, 4) is 11.5 Å². The summed E-state index contributed by atoms with van der Waals surface area (Å²) in [6.07, 6.45) is 0.820. The number of aliphatic hydroxyl groups is 2. The van der Waals surface area contributed by atoms with E-state index in [-0.39, 0.29) is 5.91 Å². The Hall–Kier alpha value is -3.39. The summed E-state index contributed by atoms with van der Waals surface area (Å²) >= 11 is 0. The molecule has 7 heteroatoms. The lowest BCUT2D eigenvalue weighted by Crippen LogP contribution is -2.40. The van der Waals surface area contributed by atoms with Gasteiger partial charge in [-0.2, -0.15) is 0 Å². The third-order valence-electron chi connectivity index (χ3n) is 7.33. The van der Waals surface area contributed by atoms with Crippen molar-refractivity contribution in [3.05, 3.63) is 95.1 Å². The van der Waals surface area contributed by atoms with E-state index in [9.17, 15) is 15.0 Å². The Balaban J connectivity index is 1.16. The van der Waals surface area contributed by atoms with Crippen molar-refractivity contribution in [1.29, 1.82) is 0 Å². The molecule has 0 unspecified atom stereocenters. The average molecular weight is 517 g/mol. The zero-order valence-electron chi connectivity index (χ0n) is 21.5. The lowest BCUT2D eigenvalue weighted by Gasteiger charge is -2.24. The van der Waals surface area contributed by atoms with Crippen molar-refractivity contribution in [2.45, 2.75) is 43.9 Å². The van der Waals surface area contributed by atoms with E-state index < -0.39 is 24.2 Å². The molecule has 5 rings (SSSR count). The minimum absolute atomic E-state index is 0.148. The SMILES string of the molecule is O=C(N[C@H]1c2ccccc2C[C@H]1O)[C@H](Cc1ccccc1)C[C@H](O)CNCCc1ccc2c(c1)OCCO2. The number of aliphatic hydroxyl groups excluding tert-OH is 2. The molecule has 0 fully saturated rings. The van der Waals surface area contributed by atoms with Gasteiger partial charge in [0.05, 0.1) is 18.2 Å². The smallest absolute Gasteiger partial charge is 0.224 e. The number of amides is 1. The maximum Gasteiger partial charge on any atom is 0.224 e. The van der Waals surface area contributed by atoms with Crippen molar-refractivity contribution in [2.24, 2.45) is 5.92 Å². The number of carbonyl (C=O) groups excluding carboxylic acids is 1. The van der Waals surface area contributed by atoms with Gasteiger partial charge in [-0.25, -0.2) is 0 Å². The molecule has 3 aromatic carbocycles. The van der Waals surface area contributed by atoms with Crippen LogP contribution in [0, 0.1) is 5.92 Å². The molecule has 2 aliphatic rings. The van der Waals surface area contributed by atoms with Crippen LogP contribution < -0.4 is 20.1 Å². The summed E-state index contributed by atoms with van der Waals surface area (Å²) in [7, 11) is 0. The Morgan fingerprint density at radius 3 is 2.55 bits per heavy atom. The molecule has 200 valence electrons. The van der Waals surface area contributed by atoms with Crippen LogP contribution in [0.2, 0.25) is 0 Å². The molecular formula is C31H36N2O5. The van der Waals surface area contributed by atoms with Crippen LogP contribution >= 0.6 is 0 Å². The summed E-state index contributed by atoms with van der Waals surface area (Å²) in [5.74, 6) is 0.982. The molecule has 4 atom stereocenters. The highest BCUT2D eigenvalue weighted by molar-refractivity contribution is 5.79. The van der Waals surface area contributed by atoms with Crippen LogP contribution in [0.25, 0.3) is 0 Å². The van der Waals surface area contributed by atoms with Crippen LogP contribution in [0.4, 0.5) is 0 Å². The third-order valence-corrected chi connectivity index (χ3v) is 7.33. The molecule has 0 radical (unpaired) electrons. The number of benzene rings is 3. The Bertz CT molecular complexity index is 1220. The first-order valence-electron chi connectivity index (χ1n) is 13.4. The normalized spacial score (nSPS) is 19.4. The first-order chi connectivity index (χ1) is 18.6. The van der Waals surface area contributed by atoms with E-state index >= 15 is 0 Å². The summed E-state index contributed by atoms with van der Waals surface area (Å²) in [6, 6.07) is 23.2. The number of ether oxygens (including phenoxy) is 2. The third kappa shape index (κ3) is 6.54. The average Bonchev–Trinajstić information content (AvgIpc) is 3.25. The summed E-state index contributed by atoms with van der Waals surface area (Å²) in [5, 5.41) is 27.9. The van der Waals surface area contributed by atoms with Gasteiger partial charge in [0.1, 0.15) is 13.2 Å². The Labute approximate surface area is 223 Å². The van der Waals surface area contributed by atoms with Gasteiger partial charge in [0.25, 0.3) is 0 Å². The van der Waals surface area contributed by atoms with E-state index in [0.717, 1.165) is 40.2 Å². The Morgan fingerprint density at radius 2 is 1.71 bits per heavy atom. The van der Waals surface area contributed by atoms with E-state index in [0.29, 0.717) is 45.6 Å². The van der Waals surface area contributed by atoms with Crippen LogP contribution in [0.1, 0.15) is 34.7 Å². The first kappa shape index (κ1) is 26.2. The summed E-state index contributed by atoms with van der Waals surface area (Å²) in [4.78, 5) is 13.5. The number of hydrogen-bond acceptors (Lipinski definition) is 6. The molecule has 0 saturated heterocycles. The summed E-state index contributed by atoms with van der Waals surface area (Å²) < 4.78 is 11.2. The van der Waals surface area contributed by atoms with Gasteiger partial charge in [-0.1, -0.05) is 60.7 Å². The molecule has 1 aliphatic carbocycles. The fourth-order valence-electron chi connectivity index (χ4n) is 5.36. The molecule has 1 heterocycles. The molecule has 4 N–H and O–H groups in total. The summed E-state index contributed by atoms with van der Waals surface area (Å²) in [6.45, 7) is 2.21. The number of rotatable bonds is 11. The van der Waals surface area contributed by atoms with Gasteiger partial charge >= 0.3 is 0 Å². The van der Waals surface area contributed by atoms with E-state index in [1.165, 1.54) is 0 Å². The van der Waals surface area contributed by atoms with Crippen molar-refractivity contribution in [3.63, 3.8) is 0 Å². The predicted molar refractivity (Wildman–Crippen MR) is 145 cm³/mol. The van der Waals surface area contributed by atoms with Crippen molar-refractivity contribution >= 4 is 5.91 Å².